The van der Waals surface area contributed by atoms with Gasteiger partial charge < -0.3 is 9.64 Å². The fraction of sp³-hybridized carbons (Fsp3) is 0.941. The quantitative estimate of drug-likeness (QED) is 0.665. The molecule has 2 atom stereocenters. The molecular formula is C17H34N2O2. The minimum Gasteiger partial charge on any atom is -0.381 e. The van der Waals surface area contributed by atoms with E-state index in [-0.39, 0.29) is 12.1 Å². The van der Waals surface area contributed by atoms with Gasteiger partial charge in [0.25, 0.3) is 0 Å². The van der Waals surface area contributed by atoms with Crippen molar-refractivity contribution in [3.8, 4) is 0 Å². The lowest BCUT2D eigenvalue weighted by atomic mass is 9.99. The highest BCUT2D eigenvalue weighted by Crippen LogP contribution is 2.26. The van der Waals surface area contributed by atoms with Crippen LogP contribution in [0.3, 0.4) is 0 Å². The molecule has 1 rings (SSSR count). The molecule has 4 heteroatoms. The van der Waals surface area contributed by atoms with Gasteiger partial charge in [-0.25, -0.2) is 0 Å². The minimum absolute atomic E-state index is 0.174. The van der Waals surface area contributed by atoms with Gasteiger partial charge in [-0.1, -0.05) is 34.6 Å². The molecule has 4 nitrogen and oxygen atoms in total. The molecule has 1 saturated heterocycles. The largest absolute Gasteiger partial charge is 0.381 e. The second-order valence-corrected chi connectivity index (χ2v) is 7.30. The first kappa shape index (κ1) is 18.4. The molecule has 0 saturated carbocycles. The van der Waals surface area contributed by atoms with E-state index in [1.54, 1.807) is 0 Å². The fourth-order valence-electron chi connectivity index (χ4n) is 2.77. The summed E-state index contributed by atoms with van der Waals surface area (Å²) < 4.78 is 5.63. The van der Waals surface area contributed by atoms with Gasteiger partial charge in [0, 0.05) is 19.8 Å². The van der Waals surface area contributed by atoms with Gasteiger partial charge in [-0.2, -0.15) is 0 Å². The first-order chi connectivity index (χ1) is 9.80. The molecule has 2 unspecified atom stereocenters. The molecule has 1 N–H and O–H groups in total. The third kappa shape index (κ3) is 5.26. The number of carbonyl (C=O) groups is 1. The Morgan fingerprint density at radius 1 is 1.29 bits per heavy atom. The summed E-state index contributed by atoms with van der Waals surface area (Å²) in [5.74, 6) is 1.39. The number of nitrogens with zero attached hydrogens (tertiary/aromatic N) is 1. The minimum atomic E-state index is -0.391. The van der Waals surface area contributed by atoms with E-state index in [2.05, 4.69) is 39.9 Å². The van der Waals surface area contributed by atoms with E-state index in [0.29, 0.717) is 11.8 Å². The number of rotatable bonds is 9. The molecule has 1 amide bonds. The van der Waals surface area contributed by atoms with E-state index in [0.717, 1.165) is 39.0 Å². The zero-order valence-electron chi connectivity index (χ0n) is 14.7. The summed E-state index contributed by atoms with van der Waals surface area (Å²) in [6.45, 7) is 15.1. The molecule has 0 radical (unpaired) electrons. The SMILES string of the molecule is CCC1(C)NC(CC(C)C)N(CCCOCC(C)C)C1=O. The Bertz CT molecular complexity index is 331. The maximum atomic E-state index is 12.6. The lowest BCUT2D eigenvalue weighted by Crippen LogP contribution is -2.44. The second-order valence-electron chi connectivity index (χ2n) is 7.30. The smallest absolute Gasteiger partial charge is 0.243 e. The molecule has 124 valence electrons. The van der Waals surface area contributed by atoms with E-state index >= 15 is 0 Å². The van der Waals surface area contributed by atoms with Crippen molar-refractivity contribution in [2.24, 2.45) is 11.8 Å². The van der Waals surface area contributed by atoms with Gasteiger partial charge in [-0.15, -0.1) is 0 Å². The van der Waals surface area contributed by atoms with Crippen LogP contribution in [0.2, 0.25) is 0 Å². The van der Waals surface area contributed by atoms with Crippen LogP contribution in [0.25, 0.3) is 0 Å². The van der Waals surface area contributed by atoms with Crippen LogP contribution in [-0.4, -0.2) is 42.3 Å². The Kier molecular flexibility index (Phi) is 7.14. The standard InChI is InChI=1S/C17H34N2O2/c1-7-17(6)16(20)19(15(18-17)11-13(2)3)9-8-10-21-12-14(4)5/h13-15,18H,7-12H2,1-6H3. The summed E-state index contributed by atoms with van der Waals surface area (Å²) in [5, 5.41) is 3.54. The first-order valence-electron chi connectivity index (χ1n) is 8.46. The monoisotopic (exact) mass is 298 g/mol. The molecule has 0 aromatic carbocycles. The summed E-state index contributed by atoms with van der Waals surface area (Å²) in [6, 6.07) is 0. The Hall–Kier alpha value is -0.610. The van der Waals surface area contributed by atoms with E-state index in [1.807, 2.05) is 11.8 Å². The van der Waals surface area contributed by atoms with Crippen molar-refractivity contribution in [2.75, 3.05) is 19.8 Å². The fourth-order valence-corrected chi connectivity index (χ4v) is 2.77. The highest BCUT2D eigenvalue weighted by molar-refractivity contribution is 5.88. The zero-order chi connectivity index (χ0) is 16.0. The maximum Gasteiger partial charge on any atom is 0.243 e. The molecule has 0 spiro atoms. The number of hydrogen-bond donors (Lipinski definition) is 1. The summed E-state index contributed by atoms with van der Waals surface area (Å²) in [7, 11) is 0. The number of nitrogens with one attached hydrogen (secondary N) is 1. The first-order valence-corrected chi connectivity index (χ1v) is 8.46. The van der Waals surface area contributed by atoms with Crippen LogP contribution >= 0.6 is 0 Å². The Balaban J connectivity index is 2.52. The summed E-state index contributed by atoms with van der Waals surface area (Å²) in [5.41, 5.74) is -0.391. The second kappa shape index (κ2) is 8.14. The number of carbonyl (C=O) groups excluding carboxylic acids is 1. The molecule has 1 aliphatic rings. The molecule has 21 heavy (non-hydrogen) atoms. The Labute approximate surface area is 130 Å². The van der Waals surface area contributed by atoms with Crippen LogP contribution in [-0.2, 0) is 9.53 Å². The molecule has 1 fully saturated rings. The van der Waals surface area contributed by atoms with Gasteiger partial charge in [0.1, 0.15) is 0 Å². The van der Waals surface area contributed by atoms with Crippen LogP contribution in [0, 0.1) is 11.8 Å². The van der Waals surface area contributed by atoms with Crippen molar-refractivity contribution in [1.82, 2.24) is 10.2 Å². The molecule has 0 aliphatic carbocycles. The van der Waals surface area contributed by atoms with Crippen LogP contribution in [0.4, 0.5) is 0 Å². The van der Waals surface area contributed by atoms with Crippen molar-refractivity contribution in [1.29, 1.82) is 0 Å². The lowest BCUT2D eigenvalue weighted by Gasteiger charge is -2.25. The van der Waals surface area contributed by atoms with Gasteiger partial charge in [0.2, 0.25) is 5.91 Å². The van der Waals surface area contributed by atoms with Crippen LogP contribution in [0.5, 0.6) is 0 Å². The molecule has 0 aromatic rings. The topological polar surface area (TPSA) is 41.6 Å². The Morgan fingerprint density at radius 3 is 2.48 bits per heavy atom. The maximum absolute atomic E-state index is 12.6. The van der Waals surface area contributed by atoms with Gasteiger partial charge >= 0.3 is 0 Å². The van der Waals surface area contributed by atoms with Gasteiger partial charge in [0.05, 0.1) is 11.7 Å². The average Bonchev–Trinajstić information content (AvgIpc) is 2.62. The average molecular weight is 298 g/mol. The summed E-state index contributed by atoms with van der Waals surface area (Å²) in [6.07, 6.45) is 2.93. The van der Waals surface area contributed by atoms with Crippen molar-refractivity contribution in [3.05, 3.63) is 0 Å². The van der Waals surface area contributed by atoms with Gasteiger partial charge in [-0.3, -0.25) is 10.1 Å². The Morgan fingerprint density at radius 2 is 1.95 bits per heavy atom. The molecule has 1 aliphatic heterocycles. The number of amides is 1. The normalized spacial score (nSPS) is 26.4. The van der Waals surface area contributed by atoms with Crippen LogP contribution < -0.4 is 5.32 Å². The number of ether oxygens (including phenoxy) is 1. The molecular weight excluding hydrogens is 264 g/mol. The highest BCUT2D eigenvalue weighted by atomic mass is 16.5. The van der Waals surface area contributed by atoms with Crippen molar-refractivity contribution < 1.29 is 9.53 Å². The molecule has 0 bridgehead atoms. The lowest BCUT2D eigenvalue weighted by molar-refractivity contribution is -0.133. The third-order valence-electron chi connectivity index (χ3n) is 4.13. The van der Waals surface area contributed by atoms with Crippen molar-refractivity contribution >= 4 is 5.91 Å². The van der Waals surface area contributed by atoms with E-state index in [4.69, 9.17) is 4.74 Å². The summed E-state index contributed by atoms with van der Waals surface area (Å²) in [4.78, 5) is 14.7. The zero-order valence-corrected chi connectivity index (χ0v) is 14.7. The van der Waals surface area contributed by atoms with Crippen molar-refractivity contribution in [2.45, 2.75) is 72.5 Å². The van der Waals surface area contributed by atoms with Gasteiger partial charge in [0.15, 0.2) is 0 Å². The number of hydrogen-bond acceptors (Lipinski definition) is 3. The highest BCUT2D eigenvalue weighted by Gasteiger charge is 2.46. The summed E-state index contributed by atoms with van der Waals surface area (Å²) >= 11 is 0. The molecule has 0 aromatic heterocycles. The van der Waals surface area contributed by atoms with E-state index in [9.17, 15) is 4.79 Å². The van der Waals surface area contributed by atoms with Crippen molar-refractivity contribution in [3.63, 3.8) is 0 Å². The van der Waals surface area contributed by atoms with Crippen LogP contribution in [0.15, 0.2) is 0 Å². The van der Waals surface area contributed by atoms with Gasteiger partial charge in [-0.05, 0) is 38.0 Å². The third-order valence-corrected chi connectivity index (χ3v) is 4.13. The predicted molar refractivity (Wildman–Crippen MR) is 87.1 cm³/mol. The predicted octanol–water partition coefficient (Wildman–Crippen LogP) is 3.02. The van der Waals surface area contributed by atoms with E-state index in [1.165, 1.54) is 0 Å². The molecule has 1 heterocycles. The van der Waals surface area contributed by atoms with Crippen LogP contribution in [0.1, 0.15) is 60.8 Å². The van der Waals surface area contributed by atoms with E-state index < -0.39 is 5.54 Å².